The van der Waals surface area contributed by atoms with Crippen molar-refractivity contribution >= 4 is 44.4 Å². The van der Waals surface area contributed by atoms with E-state index in [4.69, 9.17) is 23.2 Å². The van der Waals surface area contributed by atoms with Gasteiger partial charge in [0.1, 0.15) is 0 Å². The molecule has 14 heavy (non-hydrogen) atoms. The normalized spacial score (nSPS) is 12.6. The number of halogens is 3. The molecule has 76 valence electrons. The van der Waals surface area contributed by atoms with Crippen molar-refractivity contribution in [3.8, 4) is 0 Å². The van der Waals surface area contributed by atoms with E-state index in [0.717, 1.165) is 10.0 Å². The first-order valence-electron chi connectivity index (χ1n) is 4.14. The van der Waals surface area contributed by atoms with E-state index in [1.54, 1.807) is 13.0 Å². The Morgan fingerprint density at radius 2 is 2.21 bits per heavy atom. The summed E-state index contributed by atoms with van der Waals surface area (Å²) in [6.45, 7) is 1.80. The molecule has 1 aromatic carbocycles. The third-order valence-corrected chi connectivity index (χ3v) is 3.27. The van der Waals surface area contributed by atoms with Crippen molar-refractivity contribution in [1.82, 2.24) is 0 Å². The summed E-state index contributed by atoms with van der Waals surface area (Å²) in [5.74, 6) is -0.172. The number of hydrogen-bond acceptors (Lipinski definition) is 1. The van der Waals surface area contributed by atoms with Crippen LogP contribution in [0.3, 0.4) is 0 Å². The van der Waals surface area contributed by atoms with Crippen molar-refractivity contribution in [2.24, 2.45) is 5.92 Å². The molecule has 0 heterocycles. The molecule has 0 bridgehead atoms. The summed E-state index contributed by atoms with van der Waals surface area (Å²) in [7, 11) is 0. The Bertz CT molecular complexity index is 352. The summed E-state index contributed by atoms with van der Waals surface area (Å²) in [6, 6.07) is 5.50. The third kappa shape index (κ3) is 3.26. The highest BCUT2D eigenvalue weighted by Gasteiger charge is 2.12. The van der Waals surface area contributed by atoms with E-state index in [0.29, 0.717) is 11.4 Å². The van der Waals surface area contributed by atoms with E-state index in [-0.39, 0.29) is 11.2 Å². The lowest BCUT2D eigenvalue weighted by atomic mass is 10.0. The Morgan fingerprint density at radius 3 is 2.71 bits per heavy atom. The SMILES string of the molecule is CC(Cc1ccc(Cl)cc1Br)C(=O)Cl. The molecule has 1 atom stereocenters. The second kappa shape index (κ2) is 5.15. The van der Waals surface area contributed by atoms with Crippen molar-refractivity contribution < 1.29 is 4.79 Å². The molecule has 0 radical (unpaired) electrons. The van der Waals surface area contributed by atoms with Gasteiger partial charge in [0.2, 0.25) is 5.24 Å². The predicted octanol–water partition coefficient (Wildman–Crippen LogP) is 4.05. The fraction of sp³-hybridized carbons (Fsp3) is 0.300. The van der Waals surface area contributed by atoms with Crippen LogP contribution in [0, 0.1) is 5.92 Å². The van der Waals surface area contributed by atoms with E-state index in [1.807, 2.05) is 12.1 Å². The second-order valence-electron chi connectivity index (χ2n) is 3.15. The van der Waals surface area contributed by atoms with Crippen LogP contribution in [0.1, 0.15) is 12.5 Å². The zero-order valence-electron chi connectivity index (χ0n) is 7.56. The Hall–Kier alpha value is -0.0500. The smallest absolute Gasteiger partial charge is 0.224 e. The molecule has 0 aliphatic heterocycles. The van der Waals surface area contributed by atoms with Crippen LogP contribution < -0.4 is 0 Å². The first kappa shape index (κ1) is 12.0. The van der Waals surface area contributed by atoms with Gasteiger partial charge in [-0.2, -0.15) is 0 Å². The van der Waals surface area contributed by atoms with Crippen LogP contribution in [0.4, 0.5) is 0 Å². The summed E-state index contributed by atoms with van der Waals surface area (Å²) in [5, 5.41) is 0.359. The number of rotatable bonds is 3. The molecule has 0 aliphatic carbocycles. The maximum Gasteiger partial charge on any atom is 0.224 e. The number of carbonyl (C=O) groups is 1. The monoisotopic (exact) mass is 294 g/mol. The lowest BCUT2D eigenvalue weighted by molar-refractivity contribution is -0.114. The van der Waals surface area contributed by atoms with Gasteiger partial charge in [0.25, 0.3) is 0 Å². The number of carbonyl (C=O) groups excluding carboxylic acids is 1. The highest BCUT2D eigenvalue weighted by Crippen LogP contribution is 2.24. The van der Waals surface area contributed by atoms with Crippen molar-refractivity contribution in [1.29, 1.82) is 0 Å². The molecule has 1 unspecified atom stereocenters. The van der Waals surface area contributed by atoms with Gasteiger partial charge in [0.05, 0.1) is 0 Å². The van der Waals surface area contributed by atoms with E-state index < -0.39 is 0 Å². The molecule has 0 N–H and O–H groups in total. The topological polar surface area (TPSA) is 17.1 Å². The van der Waals surface area contributed by atoms with Gasteiger partial charge in [-0.05, 0) is 35.7 Å². The minimum Gasteiger partial charge on any atom is -0.281 e. The first-order valence-corrected chi connectivity index (χ1v) is 5.69. The maximum absolute atomic E-state index is 10.9. The largest absolute Gasteiger partial charge is 0.281 e. The summed E-state index contributed by atoms with van der Waals surface area (Å²) in [6.07, 6.45) is 0.625. The number of benzene rings is 1. The van der Waals surface area contributed by atoms with Crippen LogP contribution in [0.5, 0.6) is 0 Å². The fourth-order valence-corrected chi connectivity index (χ4v) is 2.02. The molecule has 4 heteroatoms. The van der Waals surface area contributed by atoms with Crippen LogP contribution in [0.2, 0.25) is 5.02 Å². The highest BCUT2D eigenvalue weighted by atomic mass is 79.9. The van der Waals surface area contributed by atoms with Crippen molar-refractivity contribution in [2.75, 3.05) is 0 Å². The summed E-state index contributed by atoms with van der Waals surface area (Å²) >= 11 is 14.6. The Balaban J connectivity index is 2.82. The standard InChI is InChI=1S/C10H9BrCl2O/c1-6(10(13)14)4-7-2-3-8(12)5-9(7)11/h2-3,5-6H,4H2,1H3. The Kier molecular flexibility index (Phi) is 4.42. The van der Waals surface area contributed by atoms with Gasteiger partial charge in [-0.1, -0.05) is 40.5 Å². The van der Waals surface area contributed by atoms with Gasteiger partial charge in [-0.3, -0.25) is 4.79 Å². The fourth-order valence-electron chi connectivity index (χ4n) is 1.10. The molecule has 0 aromatic heterocycles. The quantitative estimate of drug-likeness (QED) is 0.769. The summed E-state index contributed by atoms with van der Waals surface area (Å²) in [5.41, 5.74) is 1.04. The van der Waals surface area contributed by atoms with Crippen LogP contribution in [-0.2, 0) is 11.2 Å². The molecule has 1 nitrogen and oxygen atoms in total. The first-order chi connectivity index (χ1) is 6.50. The second-order valence-corrected chi connectivity index (χ2v) is 4.81. The average Bonchev–Trinajstić information content (AvgIpc) is 2.09. The van der Waals surface area contributed by atoms with Gasteiger partial charge in [-0.15, -0.1) is 0 Å². The molecular formula is C10H9BrCl2O. The van der Waals surface area contributed by atoms with Gasteiger partial charge < -0.3 is 0 Å². The lowest BCUT2D eigenvalue weighted by Gasteiger charge is -2.08. The molecule has 1 aromatic rings. The van der Waals surface area contributed by atoms with Crippen molar-refractivity contribution in [2.45, 2.75) is 13.3 Å². The predicted molar refractivity (Wildman–Crippen MR) is 62.9 cm³/mol. The third-order valence-electron chi connectivity index (χ3n) is 1.93. The van der Waals surface area contributed by atoms with Gasteiger partial charge in [0, 0.05) is 15.4 Å². The molecule has 1 rings (SSSR count). The Labute approximate surface area is 102 Å². The van der Waals surface area contributed by atoms with Crippen molar-refractivity contribution in [3.63, 3.8) is 0 Å². The minimum absolute atomic E-state index is 0.172. The van der Waals surface area contributed by atoms with Gasteiger partial charge in [0.15, 0.2) is 0 Å². The van der Waals surface area contributed by atoms with E-state index in [2.05, 4.69) is 15.9 Å². The minimum atomic E-state index is -0.313. The van der Waals surface area contributed by atoms with Crippen LogP contribution in [-0.4, -0.2) is 5.24 Å². The maximum atomic E-state index is 10.9. The molecule has 0 aliphatic rings. The van der Waals surface area contributed by atoms with E-state index >= 15 is 0 Å². The molecule has 0 spiro atoms. The van der Waals surface area contributed by atoms with Gasteiger partial charge in [-0.25, -0.2) is 0 Å². The average molecular weight is 296 g/mol. The lowest BCUT2D eigenvalue weighted by Crippen LogP contribution is -2.07. The van der Waals surface area contributed by atoms with Gasteiger partial charge >= 0.3 is 0 Å². The van der Waals surface area contributed by atoms with E-state index in [9.17, 15) is 4.79 Å². The zero-order chi connectivity index (χ0) is 10.7. The van der Waals surface area contributed by atoms with Crippen LogP contribution in [0.25, 0.3) is 0 Å². The molecular weight excluding hydrogens is 287 g/mol. The number of hydrogen-bond donors (Lipinski definition) is 0. The molecule has 0 saturated carbocycles. The Morgan fingerprint density at radius 1 is 1.57 bits per heavy atom. The highest BCUT2D eigenvalue weighted by molar-refractivity contribution is 9.10. The summed E-state index contributed by atoms with van der Waals surface area (Å²) < 4.78 is 0.912. The molecule has 0 amide bonds. The molecule has 0 saturated heterocycles. The van der Waals surface area contributed by atoms with Crippen LogP contribution >= 0.6 is 39.1 Å². The van der Waals surface area contributed by atoms with E-state index in [1.165, 1.54) is 0 Å². The summed E-state index contributed by atoms with van der Waals surface area (Å²) in [4.78, 5) is 10.9. The zero-order valence-corrected chi connectivity index (χ0v) is 10.7. The molecule has 0 fully saturated rings. The van der Waals surface area contributed by atoms with Crippen LogP contribution in [0.15, 0.2) is 22.7 Å². The van der Waals surface area contributed by atoms with Crippen molar-refractivity contribution in [3.05, 3.63) is 33.3 Å².